The first-order valence-corrected chi connectivity index (χ1v) is 8.51. The second kappa shape index (κ2) is 16.0. The van der Waals surface area contributed by atoms with Crippen molar-refractivity contribution in [3.63, 3.8) is 0 Å². The lowest BCUT2D eigenvalue weighted by Gasteiger charge is -2.15. The summed E-state index contributed by atoms with van der Waals surface area (Å²) in [6.45, 7) is 3.18. The molecular weight excluding hydrogens is 234 g/mol. The molecule has 2 heteroatoms. The van der Waals surface area contributed by atoms with Gasteiger partial charge in [0, 0.05) is 19.8 Å². The van der Waals surface area contributed by atoms with Crippen LogP contribution in [0.25, 0.3) is 0 Å². The molecule has 1 N–H and O–H groups in total. The van der Waals surface area contributed by atoms with E-state index in [1.165, 1.54) is 77.0 Å². The lowest BCUT2D eigenvalue weighted by Crippen LogP contribution is -2.25. The van der Waals surface area contributed by atoms with Crippen LogP contribution < -0.4 is 5.32 Å². The number of methoxy groups -OCH3 is 1. The quantitative estimate of drug-likeness (QED) is 0.427. The van der Waals surface area contributed by atoms with Crippen molar-refractivity contribution in [2.24, 2.45) is 0 Å². The third-order valence-corrected chi connectivity index (χ3v) is 3.97. The van der Waals surface area contributed by atoms with E-state index in [-0.39, 0.29) is 0 Å². The fourth-order valence-electron chi connectivity index (χ4n) is 2.61. The molecule has 0 aromatic heterocycles. The fourth-order valence-corrected chi connectivity index (χ4v) is 2.61. The van der Waals surface area contributed by atoms with Crippen molar-refractivity contribution in [2.75, 3.05) is 20.8 Å². The normalized spacial score (nSPS) is 12.8. The van der Waals surface area contributed by atoms with Gasteiger partial charge in [-0.15, -0.1) is 0 Å². The van der Waals surface area contributed by atoms with E-state index in [1.807, 2.05) is 0 Å². The Morgan fingerprint density at radius 1 is 0.789 bits per heavy atom. The third kappa shape index (κ3) is 14.1. The number of hydrogen-bond acceptors (Lipinski definition) is 2. The molecule has 116 valence electrons. The van der Waals surface area contributed by atoms with Gasteiger partial charge in [0.15, 0.2) is 0 Å². The molecule has 0 spiro atoms. The Kier molecular flexibility index (Phi) is 15.9. The molecule has 19 heavy (non-hydrogen) atoms. The summed E-state index contributed by atoms with van der Waals surface area (Å²) in [4.78, 5) is 0. The Bertz CT molecular complexity index is 161. The molecule has 0 fully saturated rings. The molecule has 0 aromatic carbocycles. The minimum Gasteiger partial charge on any atom is -0.385 e. The number of nitrogens with one attached hydrogen (secondary N) is 1. The highest BCUT2D eigenvalue weighted by Crippen LogP contribution is 2.12. The molecule has 1 atom stereocenters. The van der Waals surface area contributed by atoms with Gasteiger partial charge in [-0.1, -0.05) is 64.7 Å². The van der Waals surface area contributed by atoms with E-state index in [2.05, 4.69) is 19.3 Å². The summed E-state index contributed by atoms with van der Waals surface area (Å²) in [5.74, 6) is 0. The lowest BCUT2D eigenvalue weighted by atomic mass is 10.0. The van der Waals surface area contributed by atoms with Crippen LogP contribution in [0.15, 0.2) is 0 Å². The lowest BCUT2D eigenvalue weighted by molar-refractivity contribution is 0.188. The van der Waals surface area contributed by atoms with Gasteiger partial charge in [0.1, 0.15) is 0 Å². The smallest absolute Gasteiger partial charge is 0.0462 e. The van der Waals surface area contributed by atoms with Crippen molar-refractivity contribution in [1.29, 1.82) is 0 Å². The molecule has 2 nitrogen and oxygen atoms in total. The largest absolute Gasteiger partial charge is 0.385 e. The minimum absolute atomic E-state index is 0.694. The summed E-state index contributed by atoms with van der Waals surface area (Å²) in [5, 5.41) is 3.43. The van der Waals surface area contributed by atoms with Crippen LogP contribution in [0.5, 0.6) is 0 Å². The molecule has 0 saturated heterocycles. The molecule has 0 aliphatic rings. The summed E-state index contributed by atoms with van der Waals surface area (Å²) in [7, 11) is 3.88. The van der Waals surface area contributed by atoms with Crippen LogP contribution in [0.3, 0.4) is 0 Å². The second-order valence-electron chi connectivity index (χ2n) is 5.74. The topological polar surface area (TPSA) is 21.3 Å². The highest BCUT2D eigenvalue weighted by atomic mass is 16.5. The summed E-state index contributed by atoms with van der Waals surface area (Å²) in [5.41, 5.74) is 0. The van der Waals surface area contributed by atoms with Gasteiger partial charge in [-0.25, -0.2) is 0 Å². The summed E-state index contributed by atoms with van der Waals surface area (Å²) >= 11 is 0. The average molecular weight is 271 g/mol. The zero-order valence-corrected chi connectivity index (χ0v) is 13.7. The average Bonchev–Trinajstić information content (AvgIpc) is 2.43. The number of ether oxygens (including phenoxy) is 1. The zero-order valence-electron chi connectivity index (χ0n) is 13.7. The Morgan fingerprint density at radius 3 is 1.84 bits per heavy atom. The van der Waals surface area contributed by atoms with Crippen molar-refractivity contribution in [1.82, 2.24) is 5.32 Å². The van der Waals surface area contributed by atoms with E-state index in [0.717, 1.165) is 6.61 Å². The molecule has 0 radical (unpaired) electrons. The summed E-state index contributed by atoms with van der Waals surface area (Å²) in [6, 6.07) is 0.694. The van der Waals surface area contributed by atoms with Crippen LogP contribution in [0.4, 0.5) is 0 Å². The molecule has 0 rings (SSSR count). The predicted molar refractivity (Wildman–Crippen MR) is 85.8 cm³/mol. The van der Waals surface area contributed by atoms with Gasteiger partial charge >= 0.3 is 0 Å². The van der Waals surface area contributed by atoms with Crippen LogP contribution in [-0.4, -0.2) is 26.8 Å². The van der Waals surface area contributed by atoms with Gasteiger partial charge in [0.05, 0.1) is 0 Å². The third-order valence-electron chi connectivity index (χ3n) is 3.97. The standard InChI is InChI=1S/C17H37NO/c1-4-5-6-7-8-9-10-11-12-14-17(18-2)15-13-16-19-3/h17-18H,4-16H2,1-3H3. The fraction of sp³-hybridized carbons (Fsp3) is 1.00. The maximum absolute atomic E-state index is 5.11. The maximum atomic E-state index is 5.11. The van der Waals surface area contributed by atoms with Crippen molar-refractivity contribution in [2.45, 2.75) is 90.0 Å². The molecule has 0 bridgehead atoms. The highest BCUT2D eigenvalue weighted by Gasteiger charge is 2.04. The molecule has 0 aliphatic heterocycles. The molecule has 0 aromatic rings. The van der Waals surface area contributed by atoms with Crippen molar-refractivity contribution in [3.8, 4) is 0 Å². The summed E-state index contributed by atoms with van der Waals surface area (Å²) < 4.78 is 5.11. The number of hydrogen-bond donors (Lipinski definition) is 1. The minimum atomic E-state index is 0.694. The van der Waals surface area contributed by atoms with E-state index in [4.69, 9.17) is 4.74 Å². The predicted octanol–water partition coefficient (Wildman–Crippen LogP) is 4.92. The van der Waals surface area contributed by atoms with Crippen LogP contribution in [0, 0.1) is 0 Å². The number of rotatable bonds is 15. The molecule has 0 aliphatic carbocycles. The van der Waals surface area contributed by atoms with Crippen molar-refractivity contribution < 1.29 is 4.74 Å². The Balaban J connectivity index is 3.21. The van der Waals surface area contributed by atoms with Gasteiger partial charge < -0.3 is 10.1 Å². The second-order valence-corrected chi connectivity index (χ2v) is 5.74. The SMILES string of the molecule is CCCCCCCCCCCC(CCCOC)NC. The monoisotopic (exact) mass is 271 g/mol. The van der Waals surface area contributed by atoms with Crippen molar-refractivity contribution >= 4 is 0 Å². The molecular formula is C17H37NO. The number of unbranched alkanes of at least 4 members (excludes halogenated alkanes) is 8. The molecule has 0 heterocycles. The molecule has 0 amide bonds. The van der Waals surface area contributed by atoms with E-state index in [1.54, 1.807) is 7.11 Å². The van der Waals surface area contributed by atoms with Gasteiger partial charge in [0.2, 0.25) is 0 Å². The molecule has 1 unspecified atom stereocenters. The van der Waals surface area contributed by atoms with Gasteiger partial charge in [-0.05, 0) is 26.3 Å². The van der Waals surface area contributed by atoms with Crippen LogP contribution >= 0.6 is 0 Å². The van der Waals surface area contributed by atoms with E-state index in [9.17, 15) is 0 Å². The Morgan fingerprint density at radius 2 is 1.32 bits per heavy atom. The zero-order chi connectivity index (χ0) is 14.2. The first-order chi connectivity index (χ1) is 9.35. The van der Waals surface area contributed by atoms with E-state index < -0.39 is 0 Å². The first-order valence-electron chi connectivity index (χ1n) is 8.51. The van der Waals surface area contributed by atoms with Crippen molar-refractivity contribution in [3.05, 3.63) is 0 Å². The Hall–Kier alpha value is -0.0800. The van der Waals surface area contributed by atoms with Gasteiger partial charge in [0.25, 0.3) is 0 Å². The van der Waals surface area contributed by atoms with Gasteiger partial charge in [-0.3, -0.25) is 0 Å². The van der Waals surface area contributed by atoms with Crippen LogP contribution in [0.2, 0.25) is 0 Å². The van der Waals surface area contributed by atoms with Gasteiger partial charge in [-0.2, -0.15) is 0 Å². The van der Waals surface area contributed by atoms with E-state index in [0.29, 0.717) is 6.04 Å². The van der Waals surface area contributed by atoms with Crippen LogP contribution in [-0.2, 0) is 4.74 Å². The molecule has 0 saturated carbocycles. The van der Waals surface area contributed by atoms with Crippen LogP contribution in [0.1, 0.15) is 84.0 Å². The first kappa shape index (κ1) is 18.9. The highest BCUT2D eigenvalue weighted by molar-refractivity contribution is 4.64. The maximum Gasteiger partial charge on any atom is 0.0462 e. The van der Waals surface area contributed by atoms with E-state index >= 15 is 0 Å². The summed E-state index contributed by atoms with van der Waals surface area (Å²) in [6.07, 6.45) is 16.5. The Labute approximate surface area is 121 Å².